The van der Waals surface area contributed by atoms with Gasteiger partial charge in [-0.05, 0) is 60.4 Å². The Morgan fingerprint density at radius 2 is 1.90 bits per heavy atom. The first-order valence-corrected chi connectivity index (χ1v) is 10.7. The molecule has 4 aromatic rings. The van der Waals surface area contributed by atoms with E-state index in [0.29, 0.717) is 19.7 Å². The molecule has 1 aromatic heterocycles. The number of hydrogen-bond donors (Lipinski definition) is 1. The Balaban J connectivity index is 1.47. The highest BCUT2D eigenvalue weighted by Gasteiger charge is 2.23. The number of rotatable bonds is 3. The van der Waals surface area contributed by atoms with Crippen LogP contribution in [0.1, 0.15) is 34.2 Å². The molecular formula is C26H25N3O2. The molecule has 1 N–H and O–H groups in total. The summed E-state index contributed by atoms with van der Waals surface area (Å²) in [6.07, 6.45) is 0.836. The van der Waals surface area contributed by atoms with Crippen molar-refractivity contribution < 1.29 is 9.53 Å². The van der Waals surface area contributed by atoms with Crippen LogP contribution in [0.3, 0.4) is 0 Å². The zero-order valence-corrected chi connectivity index (χ0v) is 17.8. The molecule has 5 heteroatoms. The molecular weight excluding hydrogens is 386 g/mol. The van der Waals surface area contributed by atoms with E-state index in [2.05, 4.69) is 41.2 Å². The summed E-state index contributed by atoms with van der Waals surface area (Å²) in [6.45, 7) is 5.64. The van der Waals surface area contributed by atoms with Crippen molar-refractivity contribution in [3.8, 4) is 16.9 Å². The van der Waals surface area contributed by atoms with Gasteiger partial charge >= 0.3 is 0 Å². The first kappa shape index (κ1) is 19.4. The number of carbonyl (C=O) groups excluding carboxylic acids is 1. The van der Waals surface area contributed by atoms with Crippen molar-refractivity contribution in [1.82, 2.24) is 14.9 Å². The summed E-state index contributed by atoms with van der Waals surface area (Å²) in [5.74, 6) is 1.82. The van der Waals surface area contributed by atoms with E-state index >= 15 is 0 Å². The van der Waals surface area contributed by atoms with Crippen molar-refractivity contribution in [3.63, 3.8) is 0 Å². The average Bonchev–Trinajstić information content (AvgIpc) is 3.04. The van der Waals surface area contributed by atoms with Crippen LogP contribution >= 0.6 is 0 Å². The van der Waals surface area contributed by atoms with Gasteiger partial charge in [0.1, 0.15) is 18.2 Å². The predicted octanol–water partition coefficient (Wildman–Crippen LogP) is 5.14. The second-order valence-corrected chi connectivity index (χ2v) is 7.96. The monoisotopic (exact) mass is 411 g/mol. The smallest absolute Gasteiger partial charge is 0.254 e. The number of aromatic nitrogens is 2. The predicted molar refractivity (Wildman–Crippen MR) is 122 cm³/mol. The number of fused-ring (bicyclic) bond motifs is 2. The largest absolute Gasteiger partial charge is 0.491 e. The lowest BCUT2D eigenvalue weighted by atomic mass is 10.0. The fourth-order valence-corrected chi connectivity index (χ4v) is 4.27. The molecule has 3 aromatic carbocycles. The van der Waals surface area contributed by atoms with Gasteiger partial charge in [-0.15, -0.1) is 0 Å². The summed E-state index contributed by atoms with van der Waals surface area (Å²) in [5, 5.41) is 0. The lowest BCUT2D eigenvalue weighted by Gasteiger charge is -2.21. The molecule has 0 spiro atoms. The van der Waals surface area contributed by atoms with Gasteiger partial charge in [0.2, 0.25) is 0 Å². The van der Waals surface area contributed by atoms with Crippen LogP contribution in [0.5, 0.6) is 5.75 Å². The van der Waals surface area contributed by atoms with Gasteiger partial charge in [-0.25, -0.2) is 4.98 Å². The molecule has 1 amide bonds. The van der Waals surface area contributed by atoms with Crippen molar-refractivity contribution in [2.75, 3.05) is 13.2 Å². The highest BCUT2D eigenvalue weighted by atomic mass is 16.5. The Morgan fingerprint density at radius 3 is 2.77 bits per heavy atom. The highest BCUT2D eigenvalue weighted by Crippen LogP contribution is 2.31. The lowest BCUT2D eigenvalue weighted by Crippen LogP contribution is -2.33. The van der Waals surface area contributed by atoms with E-state index in [1.807, 2.05) is 48.2 Å². The Bertz CT molecular complexity index is 1270. The molecule has 0 fully saturated rings. The number of aromatic amines is 1. The minimum absolute atomic E-state index is 0.0636. The normalized spacial score (nSPS) is 13.5. The van der Waals surface area contributed by atoms with E-state index in [0.717, 1.165) is 56.8 Å². The van der Waals surface area contributed by atoms with E-state index in [1.165, 1.54) is 0 Å². The number of nitrogens with one attached hydrogen (secondary N) is 1. The quantitative estimate of drug-likeness (QED) is 0.508. The van der Waals surface area contributed by atoms with E-state index in [9.17, 15) is 4.79 Å². The number of H-pyrrole nitrogens is 1. The maximum absolute atomic E-state index is 13.3. The second-order valence-electron chi connectivity index (χ2n) is 7.96. The third-order valence-electron chi connectivity index (χ3n) is 5.89. The van der Waals surface area contributed by atoms with Gasteiger partial charge in [-0.1, -0.05) is 37.3 Å². The standard InChI is InChI=1S/C26H25N3O2/c1-3-18-6-4-5-7-22(18)26(30)29-12-13-31-25-11-9-19(14-21(25)16-29)20-8-10-23-24(15-20)28-17(2)27-23/h4-11,14-15H,3,12-13,16H2,1-2H3,(H,27,28). The van der Waals surface area contributed by atoms with Crippen molar-refractivity contribution in [2.24, 2.45) is 0 Å². The molecule has 0 atom stereocenters. The van der Waals surface area contributed by atoms with E-state index in [1.54, 1.807) is 0 Å². The number of hydrogen-bond acceptors (Lipinski definition) is 3. The third kappa shape index (κ3) is 3.67. The maximum atomic E-state index is 13.3. The summed E-state index contributed by atoms with van der Waals surface area (Å²) in [5.41, 5.74) is 7.08. The zero-order chi connectivity index (χ0) is 21.4. The molecule has 1 aliphatic rings. The Kier molecular flexibility index (Phi) is 4.94. The van der Waals surface area contributed by atoms with Gasteiger partial charge < -0.3 is 14.6 Å². The van der Waals surface area contributed by atoms with Gasteiger partial charge in [-0.3, -0.25) is 4.79 Å². The van der Waals surface area contributed by atoms with Crippen molar-refractivity contribution in [1.29, 1.82) is 0 Å². The van der Waals surface area contributed by atoms with Crippen molar-refractivity contribution in [2.45, 2.75) is 26.8 Å². The number of ether oxygens (including phenoxy) is 1. The summed E-state index contributed by atoms with van der Waals surface area (Å²) in [6, 6.07) is 20.3. The molecule has 0 aliphatic carbocycles. The Morgan fingerprint density at radius 1 is 1.10 bits per heavy atom. The van der Waals surface area contributed by atoms with Crippen LogP contribution in [0.15, 0.2) is 60.7 Å². The topological polar surface area (TPSA) is 58.2 Å². The number of aryl methyl sites for hydroxylation is 2. The summed E-state index contributed by atoms with van der Waals surface area (Å²) >= 11 is 0. The molecule has 0 unspecified atom stereocenters. The van der Waals surface area contributed by atoms with Crippen LogP contribution in [0.25, 0.3) is 22.2 Å². The van der Waals surface area contributed by atoms with Gasteiger partial charge in [0, 0.05) is 17.7 Å². The number of imidazole rings is 1. The molecule has 0 bridgehead atoms. The van der Waals surface area contributed by atoms with Gasteiger partial charge in [0.05, 0.1) is 17.6 Å². The lowest BCUT2D eigenvalue weighted by molar-refractivity contribution is 0.0732. The van der Waals surface area contributed by atoms with E-state index in [4.69, 9.17) is 4.74 Å². The first-order valence-electron chi connectivity index (χ1n) is 10.7. The van der Waals surface area contributed by atoms with Crippen LogP contribution < -0.4 is 4.74 Å². The number of benzene rings is 3. The SMILES string of the molecule is CCc1ccccc1C(=O)N1CCOc2ccc(-c3ccc4nc(C)[nH]c4c3)cc2C1. The Hall–Kier alpha value is -3.60. The first-order chi connectivity index (χ1) is 15.1. The highest BCUT2D eigenvalue weighted by molar-refractivity contribution is 5.95. The van der Waals surface area contributed by atoms with Gasteiger partial charge in [0.15, 0.2) is 0 Å². The number of carbonyl (C=O) groups is 1. The molecule has 5 nitrogen and oxygen atoms in total. The molecule has 31 heavy (non-hydrogen) atoms. The van der Waals surface area contributed by atoms with Crippen LogP contribution in [-0.2, 0) is 13.0 Å². The van der Waals surface area contributed by atoms with Gasteiger partial charge in [-0.2, -0.15) is 0 Å². The minimum Gasteiger partial charge on any atom is -0.491 e. The summed E-state index contributed by atoms with van der Waals surface area (Å²) in [4.78, 5) is 23.0. The number of nitrogens with zero attached hydrogens (tertiary/aromatic N) is 2. The fraction of sp³-hybridized carbons (Fsp3) is 0.231. The van der Waals surface area contributed by atoms with E-state index in [-0.39, 0.29) is 5.91 Å². The van der Waals surface area contributed by atoms with Crippen LogP contribution in [-0.4, -0.2) is 33.9 Å². The molecule has 0 saturated carbocycles. The zero-order valence-electron chi connectivity index (χ0n) is 17.8. The van der Waals surface area contributed by atoms with Gasteiger partial charge in [0.25, 0.3) is 5.91 Å². The molecule has 2 heterocycles. The number of amides is 1. The molecule has 5 rings (SSSR count). The molecule has 156 valence electrons. The average molecular weight is 412 g/mol. The van der Waals surface area contributed by atoms with Crippen LogP contribution in [0.4, 0.5) is 0 Å². The maximum Gasteiger partial charge on any atom is 0.254 e. The van der Waals surface area contributed by atoms with Crippen molar-refractivity contribution in [3.05, 3.63) is 83.2 Å². The van der Waals surface area contributed by atoms with Crippen LogP contribution in [0, 0.1) is 6.92 Å². The van der Waals surface area contributed by atoms with Crippen molar-refractivity contribution >= 4 is 16.9 Å². The molecule has 0 saturated heterocycles. The minimum atomic E-state index is 0.0636. The Labute approximate surface area is 181 Å². The molecule has 0 radical (unpaired) electrons. The fourth-order valence-electron chi connectivity index (χ4n) is 4.27. The summed E-state index contributed by atoms with van der Waals surface area (Å²) in [7, 11) is 0. The summed E-state index contributed by atoms with van der Waals surface area (Å²) < 4.78 is 5.98. The van der Waals surface area contributed by atoms with E-state index < -0.39 is 0 Å². The second kappa shape index (κ2) is 7.91. The third-order valence-corrected chi connectivity index (χ3v) is 5.89. The molecule has 1 aliphatic heterocycles. The van der Waals surface area contributed by atoms with Crippen LogP contribution in [0.2, 0.25) is 0 Å².